The third-order valence-electron chi connectivity index (χ3n) is 3.60. The number of primary amides is 1. The van der Waals surface area contributed by atoms with E-state index in [1.54, 1.807) is 42.5 Å². The summed E-state index contributed by atoms with van der Waals surface area (Å²) in [4.78, 5) is 19.0. The molecule has 0 saturated heterocycles. The van der Waals surface area contributed by atoms with Gasteiger partial charge in [-0.05, 0) is 42.5 Å². The number of halogens is 3. The van der Waals surface area contributed by atoms with Crippen molar-refractivity contribution in [3.8, 4) is 22.9 Å². The predicted molar refractivity (Wildman–Crippen MR) is 91.9 cm³/mol. The molecule has 1 aromatic carbocycles. The van der Waals surface area contributed by atoms with Crippen LogP contribution in [0, 0.1) is 0 Å². The van der Waals surface area contributed by atoms with Gasteiger partial charge >= 0.3 is 6.18 Å². The molecule has 0 aliphatic carbocycles. The van der Waals surface area contributed by atoms with Gasteiger partial charge in [0.05, 0.1) is 23.4 Å². The number of carbonyl (C=O) groups is 1. The van der Waals surface area contributed by atoms with E-state index < -0.39 is 17.6 Å². The van der Waals surface area contributed by atoms with E-state index in [1.165, 1.54) is 0 Å². The van der Waals surface area contributed by atoms with Crippen LogP contribution in [0.25, 0.3) is 11.3 Å². The summed E-state index contributed by atoms with van der Waals surface area (Å²) >= 11 is 0. The SMILES string of the molecule is NC(=O)Cc1cccc(-c2ccc(Oc3ccc(C(F)(F)F)cn3)cc2)n1. The van der Waals surface area contributed by atoms with Crippen LogP contribution in [-0.4, -0.2) is 15.9 Å². The highest BCUT2D eigenvalue weighted by Gasteiger charge is 2.30. The van der Waals surface area contributed by atoms with Gasteiger partial charge in [-0.3, -0.25) is 9.78 Å². The van der Waals surface area contributed by atoms with Gasteiger partial charge in [0.2, 0.25) is 11.8 Å². The van der Waals surface area contributed by atoms with E-state index in [9.17, 15) is 18.0 Å². The van der Waals surface area contributed by atoms with Crippen LogP contribution in [0.1, 0.15) is 11.3 Å². The van der Waals surface area contributed by atoms with Gasteiger partial charge in [-0.1, -0.05) is 6.07 Å². The van der Waals surface area contributed by atoms with Crippen LogP contribution in [0.2, 0.25) is 0 Å². The van der Waals surface area contributed by atoms with Crippen molar-refractivity contribution in [2.45, 2.75) is 12.6 Å². The van der Waals surface area contributed by atoms with Gasteiger partial charge in [0.1, 0.15) is 5.75 Å². The number of amides is 1. The van der Waals surface area contributed by atoms with Crippen molar-refractivity contribution in [2.24, 2.45) is 5.73 Å². The van der Waals surface area contributed by atoms with Gasteiger partial charge in [0.25, 0.3) is 0 Å². The van der Waals surface area contributed by atoms with Crippen LogP contribution in [-0.2, 0) is 17.4 Å². The number of nitrogens with zero attached hydrogens (tertiary/aromatic N) is 2. The molecule has 0 atom stereocenters. The Labute approximate surface area is 152 Å². The molecule has 2 aromatic heterocycles. The van der Waals surface area contributed by atoms with E-state index in [1.807, 2.05) is 0 Å². The zero-order valence-electron chi connectivity index (χ0n) is 13.9. The van der Waals surface area contributed by atoms with Gasteiger partial charge in [-0.2, -0.15) is 13.2 Å². The number of carbonyl (C=O) groups excluding carboxylic acids is 1. The number of benzene rings is 1. The molecule has 0 fully saturated rings. The summed E-state index contributed by atoms with van der Waals surface area (Å²) in [5.74, 6) is 0.00377. The van der Waals surface area contributed by atoms with E-state index in [4.69, 9.17) is 10.5 Å². The summed E-state index contributed by atoms with van der Waals surface area (Å²) in [6.07, 6.45) is -3.67. The fraction of sp³-hybridized carbons (Fsp3) is 0.105. The fourth-order valence-corrected chi connectivity index (χ4v) is 2.34. The molecule has 1 amide bonds. The van der Waals surface area contributed by atoms with Crippen molar-refractivity contribution in [3.05, 3.63) is 72.1 Å². The Kier molecular flexibility index (Phi) is 5.07. The molecule has 3 rings (SSSR count). The molecule has 0 saturated carbocycles. The van der Waals surface area contributed by atoms with Crippen molar-refractivity contribution >= 4 is 5.91 Å². The van der Waals surface area contributed by atoms with E-state index in [2.05, 4.69) is 9.97 Å². The molecule has 0 aliphatic heterocycles. The molecule has 2 heterocycles. The zero-order chi connectivity index (χ0) is 19.4. The summed E-state index contributed by atoms with van der Waals surface area (Å²) in [6, 6.07) is 14.1. The molecule has 5 nitrogen and oxygen atoms in total. The standard InChI is InChI=1S/C19H14F3N3O2/c20-19(21,22)13-6-9-18(24-11-13)27-15-7-4-12(5-8-15)16-3-1-2-14(25-16)10-17(23)26/h1-9,11H,10H2,(H2,23,26). The number of hydrogen-bond donors (Lipinski definition) is 1. The number of aromatic nitrogens is 2. The lowest BCUT2D eigenvalue weighted by Crippen LogP contribution is -2.14. The molecule has 0 unspecified atom stereocenters. The third kappa shape index (κ3) is 4.81. The summed E-state index contributed by atoms with van der Waals surface area (Å²) in [7, 11) is 0. The van der Waals surface area contributed by atoms with Crippen molar-refractivity contribution < 1.29 is 22.7 Å². The van der Waals surface area contributed by atoms with Crippen LogP contribution in [0.3, 0.4) is 0 Å². The molecule has 0 spiro atoms. The maximum absolute atomic E-state index is 12.5. The van der Waals surface area contributed by atoms with Crippen molar-refractivity contribution in [3.63, 3.8) is 0 Å². The van der Waals surface area contributed by atoms with Crippen LogP contribution >= 0.6 is 0 Å². The highest BCUT2D eigenvalue weighted by molar-refractivity contribution is 5.76. The van der Waals surface area contributed by atoms with Gasteiger partial charge in [0, 0.05) is 17.8 Å². The number of alkyl halides is 3. The monoisotopic (exact) mass is 373 g/mol. The highest BCUT2D eigenvalue weighted by atomic mass is 19.4. The first-order valence-electron chi connectivity index (χ1n) is 7.87. The number of hydrogen-bond acceptors (Lipinski definition) is 4. The highest BCUT2D eigenvalue weighted by Crippen LogP contribution is 2.30. The largest absolute Gasteiger partial charge is 0.439 e. The second-order valence-electron chi connectivity index (χ2n) is 5.67. The van der Waals surface area contributed by atoms with E-state index in [0.717, 1.165) is 23.9 Å². The normalized spacial score (nSPS) is 11.2. The molecule has 0 aliphatic rings. The van der Waals surface area contributed by atoms with Crippen LogP contribution in [0.15, 0.2) is 60.8 Å². The van der Waals surface area contributed by atoms with Crippen molar-refractivity contribution in [1.29, 1.82) is 0 Å². The lowest BCUT2D eigenvalue weighted by molar-refractivity contribution is -0.137. The maximum Gasteiger partial charge on any atom is 0.417 e. The summed E-state index contributed by atoms with van der Waals surface area (Å²) < 4.78 is 43.1. The smallest absolute Gasteiger partial charge is 0.417 e. The Balaban J connectivity index is 1.73. The average molecular weight is 373 g/mol. The molecule has 0 radical (unpaired) electrons. The topological polar surface area (TPSA) is 78.1 Å². The number of pyridine rings is 2. The molecular weight excluding hydrogens is 359 g/mol. The van der Waals surface area contributed by atoms with E-state index in [-0.39, 0.29) is 12.3 Å². The first kappa shape index (κ1) is 18.4. The summed E-state index contributed by atoms with van der Waals surface area (Å²) in [5, 5.41) is 0. The third-order valence-corrected chi connectivity index (χ3v) is 3.60. The quantitative estimate of drug-likeness (QED) is 0.734. The Morgan fingerprint density at radius 3 is 2.37 bits per heavy atom. The van der Waals surface area contributed by atoms with Crippen LogP contribution in [0.4, 0.5) is 13.2 Å². The lowest BCUT2D eigenvalue weighted by Gasteiger charge is -2.09. The first-order valence-corrected chi connectivity index (χ1v) is 7.87. The van der Waals surface area contributed by atoms with E-state index in [0.29, 0.717) is 17.1 Å². The minimum Gasteiger partial charge on any atom is -0.439 e. The summed E-state index contributed by atoms with van der Waals surface area (Å²) in [6.45, 7) is 0. The lowest BCUT2D eigenvalue weighted by atomic mass is 10.1. The Morgan fingerprint density at radius 1 is 1.04 bits per heavy atom. The maximum atomic E-state index is 12.5. The molecule has 2 N–H and O–H groups in total. The minimum absolute atomic E-state index is 0.0502. The van der Waals surface area contributed by atoms with Gasteiger partial charge in [-0.15, -0.1) is 0 Å². The Morgan fingerprint density at radius 2 is 1.78 bits per heavy atom. The molecule has 27 heavy (non-hydrogen) atoms. The average Bonchev–Trinajstić information content (AvgIpc) is 2.62. The first-order chi connectivity index (χ1) is 12.8. The second kappa shape index (κ2) is 7.45. The van der Waals surface area contributed by atoms with Crippen LogP contribution in [0.5, 0.6) is 11.6 Å². The minimum atomic E-state index is -4.44. The molecule has 8 heteroatoms. The van der Waals surface area contributed by atoms with Crippen molar-refractivity contribution in [1.82, 2.24) is 9.97 Å². The second-order valence-corrected chi connectivity index (χ2v) is 5.67. The van der Waals surface area contributed by atoms with Crippen LogP contribution < -0.4 is 10.5 Å². The Hall–Kier alpha value is -3.42. The molecule has 138 valence electrons. The molecule has 0 bridgehead atoms. The number of ether oxygens (including phenoxy) is 1. The van der Waals surface area contributed by atoms with Gasteiger partial charge < -0.3 is 10.5 Å². The fourth-order valence-electron chi connectivity index (χ4n) is 2.34. The Bertz CT molecular complexity index is 940. The van der Waals surface area contributed by atoms with Gasteiger partial charge in [0.15, 0.2) is 0 Å². The predicted octanol–water partition coefficient (Wildman–Crippen LogP) is 3.98. The number of nitrogens with two attached hydrogens (primary N) is 1. The van der Waals surface area contributed by atoms with Gasteiger partial charge in [-0.25, -0.2) is 4.98 Å². The summed E-state index contributed by atoms with van der Waals surface area (Å²) in [5.41, 5.74) is 6.35. The van der Waals surface area contributed by atoms with Crippen molar-refractivity contribution in [2.75, 3.05) is 0 Å². The molecule has 3 aromatic rings. The van der Waals surface area contributed by atoms with E-state index >= 15 is 0 Å². The zero-order valence-corrected chi connectivity index (χ0v) is 13.9. The number of rotatable bonds is 5. The molecular formula is C19H14F3N3O2.